The van der Waals surface area contributed by atoms with E-state index < -0.39 is 0 Å². The van der Waals surface area contributed by atoms with Gasteiger partial charge in [0.15, 0.2) is 0 Å². The normalized spacial score (nSPS) is 18.1. The standard InChI is InChI=1S/C16H25BrN2/c1-3-16(4-2)19-11-9-18(10-12-19)13-14-5-7-15(17)8-6-14/h5-8,16H,3-4,9-13H2,1-2H3. The summed E-state index contributed by atoms with van der Waals surface area (Å²) in [5, 5.41) is 0. The molecule has 1 aromatic carbocycles. The largest absolute Gasteiger partial charge is 0.298 e. The van der Waals surface area contributed by atoms with E-state index in [9.17, 15) is 0 Å². The van der Waals surface area contributed by atoms with Crippen LogP contribution in [0.25, 0.3) is 0 Å². The van der Waals surface area contributed by atoms with Crippen molar-refractivity contribution in [1.82, 2.24) is 9.80 Å². The molecule has 1 aromatic rings. The van der Waals surface area contributed by atoms with Crippen LogP contribution in [0.2, 0.25) is 0 Å². The summed E-state index contributed by atoms with van der Waals surface area (Å²) in [4.78, 5) is 5.24. The van der Waals surface area contributed by atoms with Gasteiger partial charge in [-0.2, -0.15) is 0 Å². The number of halogens is 1. The minimum absolute atomic E-state index is 0.787. The predicted molar refractivity (Wildman–Crippen MR) is 85.4 cm³/mol. The molecular formula is C16H25BrN2. The Morgan fingerprint density at radius 3 is 2.11 bits per heavy atom. The van der Waals surface area contributed by atoms with Crippen LogP contribution in [0.15, 0.2) is 28.7 Å². The lowest BCUT2D eigenvalue weighted by molar-refractivity contribution is 0.0881. The minimum Gasteiger partial charge on any atom is -0.298 e. The average molecular weight is 325 g/mol. The van der Waals surface area contributed by atoms with Crippen molar-refractivity contribution in [1.29, 1.82) is 0 Å². The quantitative estimate of drug-likeness (QED) is 0.813. The molecule has 2 nitrogen and oxygen atoms in total. The van der Waals surface area contributed by atoms with Gasteiger partial charge in [0.1, 0.15) is 0 Å². The first-order valence-corrected chi connectivity index (χ1v) is 8.23. The molecule has 1 aliphatic rings. The van der Waals surface area contributed by atoms with Crippen LogP contribution in [0.3, 0.4) is 0 Å². The molecule has 0 aliphatic carbocycles. The first kappa shape index (κ1) is 15.0. The Labute approximate surface area is 125 Å². The van der Waals surface area contributed by atoms with Crippen molar-refractivity contribution >= 4 is 15.9 Å². The van der Waals surface area contributed by atoms with Crippen molar-refractivity contribution in [3.8, 4) is 0 Å². The molecule has 19 heavy (non-hydrogen) atoms. The summed E-state index contributed by atoms with van der Waals surface area (Å²) in [5.74, 6) is 0. The van der Waals surface area contributed by atoms with Crippen LogP contribution in [0, 0.1) is 0 Å². The zero-order chi connectivity index (χ0) is 13.7. The summed E-state index contributed by atoms with van der Waals surface area (Å²) in [6.07, 6.45) is 2.56. The summed E-state index contributed by atoms with van der Waals surface area (Å²) < 4.78 is 1.16. The number of hydrogen-bond donors (Lipinski definition) is 0. The van der Waals surface area contributed by atoms with Gasteiger partial charge in [-0.3, -0.25) is 9.80 Å². The Balaban J connectivity index is 1.81. The van der Waals surface area contributed by atoms with Crippen molar-refractivity contribution in [3.63, 3.8) is 0 Å². The van der Waals surface area contributed by atoms with Crippen molar-refractivity contribution in [3.05, 3.63) is 34.3 Å². The molecule has 0 N–H and O–H groups in total. The lowest BCUT2D eigenvalue weighted by Gasteiger charge is -2.38. The lowest BCUT2D eigenvalue weighted by Crippen LogP contribution is -2.49. The van der Waals surface area contributed by atoms with Crippen LogP contribution in [0.4, 0.5) is 0 Å². The highest BCUT2D eigenvalue weighted by Crippen LogP contribution is 2.15. The highest BCUT2D eigenvalue weighted by Gasteiger charge is 2.21. The second-order valence-electron chi connectivity index (χ2n) is 5.41. The van der Waals surface area contributed by atoms with E-state index >= 15 is 0 Å². The van der Waals surface area contributed by atoms with E-state index in [1.807, 2.05) is 0 Å². The van der Waals surface area contributed by atoms with Crippen molar-refractivity contribution < 1.29 is 0 Å². The van der Waals surface area contributed by atoms with Crippen LogP contribution in [-0.2, 0) is 6.54 Å². The molecule has 0 atom stereocenters. The molecule has 1 aliphatic heterocycles. The fourth-order valence-corrected chi connectivity index (χ4v) is 3.20. The molecule has 1 heterocycles. The first-order valence-electron chi connectivity index (χ1n) is 7.43. The molecule has 3 heteroatoms. The van der Waals surface area contributed by atoms with E-state index in [0.29, 0.717) is 0 Å². The van der Waals surface area contributed by atoms with E-state index in [2.05, 4.69) is 63.8 Å². The topological polar surface area (TPSA) is 6.48 Å². The third-order valence-electron chi connectivity index (χ3n) is 4.19. The van der Waals surface area contributed by atoms with E-state index in [1.165, 1.54) is 44.6 Å². The van der Waals surface area contributed by atoms with E-state index in [1.54, 1.807) is 0 Å². The molecule has 0 saturated carbocycles. The lowest BCUT2D eigenvalue weighted by atomic mass is 10.1. The Hall–Kier alpha value is -0.380. The van der Waals surface area contributed by atoms with Gasteiger partial charge < -0.3 is 0 Å². The Morgan fingerprint density at radius 2 is 1.58 bits per heavy atom. The van der Waals surface area contributed by atoms with E-state index in [0.717, 1.165) is 17.1 Å². The maximum atomic E-state index is 3.49. The van der Waals surface area contributed by atoms with Gasteiger partial charge >= 0.3 is 0 Å². The van der Waals surface area contributed by atoms with Gasteiger partial charge in [-0.25, -0.2) is 0 Å². The molecule has 1 fully saturated rings. The van der Waals surface area contributed by atoms with Gasteiger partial charge in [0.05, 0.1) is 0 Å². The van der Waals surface area contributed by atoms with Crippen LogP contribution in [-0.4, -0.2) is 42.0 Å². The van der Waals surface area contributed by atoms with Gasteiger partial charge in [0.25, 0.3) is 0 Å². The summed E-state index contributed by atoms with van der Waals surface area (Å²) in [6, 6.07) is 9.50. The summed E-state index contributed by atoms with van der Waals surface area (Å²) >= 11 is 3.49. The third-order valence-corrected chi connectivity index (χ3v) is 4.71. The molecule has 106 valence electrons. The first-order chi connectivity index (χ1) is 9.22. The zero-order valence-electron chi connectivity index (χ0n) is 12.1. The molecular weight excluding hydrogens is 300 g/mol. The summed E-state index contributed by atoms with van der Waals surface area (Å²) in [5.41, 5.74) is 1.42. The van der Waals surface area contributed by atoms with E-state index in [4.69, 9.17) is 0 Å². The van der Waals surface area contributed by atoms with Gasteiger partial charge in [0, 0.05) is 43.2 Å². The molecule has 1 saturated heterocycles. The second kappa shape index (κ2) is 7.41. The number of nitrogens with zero attached hydrogens (tertiary/aromatic N) is 2. The SMILES string of the molecule is CCC(CC)N1CCN(Cc2ccc(Br)cc2)CC1. The average Bonchev–Trinajstić information content (AvgIpc) is 2.44. The summed E-state index contributed by atoms with van der Waals surface area (Å²) in [6.45, 7) is 10.6. The Morgan fingerprint density at radius 1 is 1.00 bits per heavy atom. The van der Waals surface area contributed by atoms with Crippen molar-refractivity contribution in [2.75, 3.05) is 26.2 Å². The fraction of sp³-hybridized carbons (Fsp3) is 0.625. The van der Waals surface area contributed by atoms with Crippen LogP contribution in [0.1, 0.15) is 32.3 Å². The van der Waals surface area contributed by atoms with Crippen molar-refractivity contribution in [2.45, 2.75) is 39.3 Å². The Kier molecular flexibility index (Phi) is 5.86. The predicted octanol–water partition coefficient (Wildman–Crippen LogP) is 3.76. The zero-order valence-corrected chi connectivity index (χ0v) is 13.7. The van der Waals surface area contributed by atoms with Crippen LogP contribution >= 0.6 is 15.9 Å². The van der Waals surface area contributed by atoms with Gasteiger partial charge in [0.2, 0.25) is 0 Å². The number of rotatable bonds is 5. The molecule has 2 rings (SSSR count). The molecule has 0 bridgehead atoms. The second-order valence-corrected chi connectivity index (χ2v) is 6.32. The highest BCUT2D eigenvalue weighted by atomic mass is 79.9. The maximum absolute atomic E-state index is 3.49. The highest BCUT2D eigenvalue weighted by molar-refractivity contribution is 9.10. The van der Waals surface area contributed by atoms with Crippen LogP contribution < -0.4 is 0 Å². The molecule has 0 radical (unpaired) electrons. The Bertz CT molecular complexity index is 365. The maximum Gasteiger partial charge on any atom is 0.0234 e. The molecule has 0 aromatic heterocycles. The molecule has 0 unspecified atom stereocenters. The molecule has 0 amide bonds. The van der Waals surface area contributed by atoms with Gasteiger partial charge in [-0.15, -0.1) is 0 Å². The minimum atomic E-state index is 0.787. The number of hydrogen-bond acceptors (Lipinski definition) is 2. The van der Waals surface area contributed by atoms with Gasteiger partial charge in [-0.1, -0.05) is 41.9 Å². The smallest absolute Gasteiger partial charge is 0.0234 e. The summed E-state index contributed by atoms with van der Waals surface area (Å²) in [7, 11) is 0. The monoisotopic (exact) mass is 324 g/mol. The van der Waals surface area contributed by atoms with Crippen molar-refractivity contribution in [2.24, 2.45) is 0 Å². The van der Waals surface area contributed by atoms with Gasteiger partial charge in [-0.05, 0) is 30.5 Å². The van der Waals surface area contributed by atoms with Crippen LogP contribution in [0.5, 0.6) is 0 Å². The third kappa shape index (κ3) is 4.30. The number of benzene rings is 1. The van der Waals surface area contributed by atoms with E-state index in [-0.39, 0.29) is 0 Å². The fourth-order valence-electron chi connectivity index (χ4n) is 2.94. The number of piperazine rings is 1. The molecule has 0 spiro atoms.